The zero-order valence-electron chi connectivity index (χ0n) is 14.3. The molecule has 26 heavy (non-hydrogen) atoms. The number of carbonyl (C=O) groups excluding carboxylic acids is 1. The van der Waals surface area contributed by atoms with Crippen LogP contribution >= 0.6 is 0 Å². The number of benzene rings is 2. The van der Waals surface area contributed by atoms with Crippen LogP contribution < -0.4 is 5.32 Å². The van der Waals surface area contributed by atoms with E-state index in [9.17, 15) is 9.18 Å². The van der Waals surface area contributed by atoms with Crippen LogP contribution in [-0.4, -0.2) is 15.9 Å². The van der Waals surface area contributed by atoms with Crippen molar-refractivity contribution < 1.29 is 9.18 Å². The van der Waals surface area contributed by atoms with Gasteiger partial charge in [0.25, 0.3) is 0 Å². The summed E-state index contributed by atoms with van der Waals surface area (Å²) in [6, 6.07) is 15.7. The van der Waals surface area contributed by atoms with Crippen molar-refractivity contribution in [2.75, 3.05) is 0 Å². The first kappa shape index (κ1) is 16.5. The number of carbonyl (C=O) groups is 1. The molecule has 0 fully saturated rings. The van der Waals surface area contributed by atoms with E-state index in [2.05, 4.69) is 15.3 Å². The van der Waals surface area contributed by atoms with E-state index in [1.165, 1.54) is 12.1 Å². The summed E-state index contributed by atoms with van der Waals surface area (Å²) >= 11 is 0. The van der Waals surface area contributed by atoms with Gasteiger partial charge >= 0.3 is 0 Å². The Morgan fingerprint density at radius 2 is 1.85 bits per heavy atom. The minimum Gasteiger partial charge on any atom is -0.348 e. The molecule has 3 aromatic rings. The molecule has 0 spiro atoms. The SMILES string of the molecule is O=C(N[C@H](c1ccccc1)c1ccc(F)cc1)[C@H]1CCCc2[nH]cnc21. The monoisotopic (exact) mass is 349 g/mol. The standard InChI is InChI=1S/C21H20FN3O/c22-16-11-9-15(10-12-16)19(14-5-2-1-3-6-14)25-21(26)17-7-4-8-18-20(17)24-13-23-18/h1-3,5-6,9-13,17,19H,4,7-8H2,(H,23,24)(H,25,26)/t17-,19+/m0/s1. The van der Waals surface area contributed by atoms with Gasteiger partial charge in [0.1, 0.15) is 5.82 Å². The van der Waals surface area contributed by atoms with Gasteiger partial charge in [-0.25, -0.2) is 9.37 Å². The van der Waals surface area contributed by atoms with Crippen LogP contribution in [0.2, 0.25) is 0 Å². The van der Waals surface area contributed by atoms with Crippen molar-refractivity contribution in [3.63, 3.8) is 0 Å². The first-order chi connectivity index (χ1) is 12.7. The first-order valence-electron chi connectivity index (χ1n) is 8.85. The van der Waals surface area contributed by atoms with E-state index >= 15 is 0 Å². The summed E-state index contributed by atoms with van der Waals surface area (Å²) in [6.45, 7) is 0. The molecule has 0 radical (unpaired) electrons. The third-order valence-electron chi connectivity index (χ3n) is 4.94. The molecule has 2 N–H and O–H groups in total. The topological polar surface area (TPSA) is 57.8 Å². The largest absolute Gasteiger partial charge is 0.348 e. The smallest absolute Gasteiger partial charge is 0.229 e. The molecule has 2 aromatic carbocycles. The molecular weight excluding hydrogens is 329 g/mol. The van der Waals surface area contributed by atoms with Crippen molar-refractivity contribution in [2.45, 2.75) is 31.2 Å². The number of rotatable bonds is 4. The zero-order chi connectivity index (χ0) is 17.9. The number of hydrogen-bond donors (Lipinski definition) is 2. The van der Waals surface area contributed by atoms with Crippen molar-refractivity contribution in [3.8, 4) is 0 Å². The van der Waals surface area contributed by atoms with E-state index < -0.39 is 0 Å². The highest BCUT2D eigenvalue weighted by molar-refractivity contribution is 5.84. The summed E-state index contributed by atoms with van der Waals surface area (Å²) in [5, 5.41) is 3.15. The molecule has 5 heteroatoms. The van der Waals surface area contributed by atoms with Gasteiger partial charge in [-0.05, 0) is 42.5 Å². The molecule has 0 bridgehead atoms. The van der Waals surface area contributed by atoms with E-state index in [4.69, 9.17) is 0 Å². The Morgan fingerprint density at radius 3 is 2.62 bits per heavy atom. The summed E-state index contributed by atoms with van der Waals surface area (Å²) in [5.74, 6) is -0.590. The minimum absolute atomic E-state index is 0.0452. The number of hydrogen-bond acceptors (Lipinski definition) is 2. The van der Waals surface area contributed by atoms with Gasteiger partial charge in [0.2, 0.25) is 5.91 Å². The Bertz CT molecular complexity index is 889. The van der Waals surface area contributed by atoms with Crippen LogP contribution in [-0.2, 0) is 11.2 Å². The molecular formula is C21H20FN3O. The van der Waals surface area contributed by atoms with Crippen LogP contribution in [0, 0.1) is 5.82 Å². The predicted molar refractivity (Wildman–Crippen MR) is 97.1 cm³/mol. The Hall–Kier alpha value is -2.95. The number of halogens is 1. The molecule has 4 nitrogen and oxygen atoms in total. The fourth-order valence-electron chi connectivity index (χ4n) is 3.61. The van der Waals surface area contributed by atoms with Crippen molar-refractivity contribution in [3.05, 3.63) is 89.3 Å². The van der Waals surface area contributed by atoms with Gasteiger partial charge in [-0.15, -0.1) is 0 Å². The molecule has 1 heterocycles. The van der Waals surface area contributed by atoms with Crippen LogP contribution in [0.3, 0.4) is 0 Å². The molecule has 1 aliphatic carbocycles. The second kappa shape index (κ2) is 7.12. The van der Waals surface area contributed by atoms with Gasteiger partial charge in [-0.3, -0.25) is 4.79 Å². The highest BCUT2D eigenvalue weighted by Crippen LogP contribution is 2.31. The van der Waals surface area contributed by atoms with Crippen molar-refractivity contribution >= 4 is 5.91 Å². The zero-order valence-corrected chi connectivity index (χ0v) is 14.3. The van der Waals surface area contributed by atoms with Gasteiger partial charge in [-0.2, -0.15) is 0 Å². The number of aromatic nitrogens is 2. The lowest BCUT2D eigenvalue weighted by molar-refractivity contribution is -0.123. The first-order valence-corrected chi connectivity index (χ1v) is 8.85. The van der Waals surface area contributed by atoms with E-state index in [-0.39, 0.29) is 23.7 Å². The Balaban J connectivity index is 1.63. The van der Waals surface area contributed by atoms with Gasteiger partial charge in [0, 0.05) is 5.69 Å². The average Bonchev–Trinajstić information content (AvgIpc) is 3.16. The van der Waals surface area contributed by atoms with Crippen LogP contribution in [0.4, 0.5) is 4.39 Å². The minimum atomic E-state index is -0.325. The van der Waals surface area contributed by atoms with Crippen LogP contribution in [0.25, 0.3) is 0 Å². The highest BCUT2D eigenvalue weighted by Gasteiger charge is 2.30. The van der Waals surface area contributed by atoms with Crippen LogP contribution in [0.1, 0.15) is 47.3 Å². The normalized spacial score (nSPS) is 17.3. The van der Waals surface area contributed by atoms with Gasteiger partial charge in [0.15, 0.2) is 0 Å². The van der Waals surface area contributed by atoms with Crippen molar-refractivity contribution in [1.82, 2.24) is 15.3 Å². The van der Waals surface area contributed by atoms with Crippen LogP contribution in [0.15, 0.2) is 60.9 Å². The number of amides is 1. The maximum absolute atomic E-state index is 13.3. The van der Waals surface area contributed by atoms with E-state index in [0.29, 0.717) is 0 Å². The number of imidazole rings is 1. The summed E-state index contributed by atoms with van der Waals surface area (Å²) in [6.07, 6.45) is 4.33. The number of H-pyrrole nitrogens is 1. The molecule has 1 aliphatic rings. The second-order valence-electron chi connectivity index (χ2n) is 6.61. The van der Waals surface area contributed by atoms with Crippen molar-refractivity contribution in [2.24, 2.45) is 0 Å². The summed E-state index contributed by atoms with van der Waals surface area (Å²) < 4.78 is 13.3. The fraction of sp³-hybridized carbons (Fsp3) is 0.238. The molecule has 0 aliphatic heterocycles. The number of aryl methyl sites for hydroxylation is 1. The fourth-order valence-corrected chi connectivity index (χ4v) is 3.61. The maximum atomic E-state index is 13.3. The van der Waals surface area contributed by atoms with Gasteiger partial charge in [0.05, 0.1) is 24.0 Å². The van der Waals surface area contributed by atoms with E-state index in [0.717, 1.165) is 41.8 Å². The summed E-state index contributed by atoms with van der Waals surface area (Å²) in [4.78, 5) is 20.5. The van der Waals surface area contributed by atoms with E-state index in [1.54, 1.807) is 18.5 Å². The average molecular weight is 349 g/mol. The lowest BCUT2D eigenvalue weighted by atomic mass is 9.88. The predicted octanol–water partition coefficient (Wildman–Crippen LogP) is 3.87. The molecule has 2 atom stereocenters. The lowest BCUT2D eigenvalue weighted by Gasteiger charge is -2.25. The molecule has 0 saturated carbocycles. The number of nitrogens with zero attached hydrogens (tertiary/aromatic N) is 1. The molecule has 132 valence electrons. The quantitative estimate of drug-likeness (QED) is 0.751. The van der Waals surface area contributed by atoms with E-state index in [1.807, 2.05) is 30.3 Å². The molecule has 1 amide bonds. The third-order valence-corrected chi connectivity index (χ3v) is 4.94. The lowest BCUT2D eigenvalue weighted by Crippen LogP contribution is -2.35. The number of aromatic amines is 1. The van der Waals surface area contributed by atoms with Gasteiger partial charge in [-0.1, -0.05) is 42.5 Å². The number of nitrogens with one attached hydrogen (secondary N) is 2. The molecule has 0 saturated heterocycles. The molecule has 0 unspecified atom stereocenters. The molecule has 4 rings (SSSR count). The summed E-state index contributed by atoms with van der Waals surface area (Å²) in [7, 11) is 0. The highest BCUT2D eigenvalue weighted by atomic mass is 19.1. The Kier molecular flexibility index (Phi) is 4.52. The maximum Gasteiger partial charge on any atom is 0.229 e. The summed E-state index contributed by atoms with van der Waals surface area (Å²) in [5.41, 5.74) is 3.71. The van der Waals surface area contributed by atoms with Crippen LogP contribution in [0.5, 0.6) is 0 Å². The number of fused-ring (bicyclic) bond motifs is 1. The Morgan fingerprint density at radius 1 is 1.12 bits per heavy atom. The Labute approximate surface area is 151 Å². The van der Waals surface area contributed by atoms with Gasteiger partial charge < -0.3 is 10.3 Å². The second-order valence-corrected chi connectivity index (χ2v) is 6.61. The van der Waals surface area contributed by atoms with Crippen molar-refractivity contribution in [1.29, 1.82) is 0 Å². The third kappa shape index (κ3) is 3.25. The molecule has 1 aromatic heterocycles.